The molecule has 0 N–H and O–H groups in total. The van der Waals surface area contributed by atoms with Gasteiger partial charge in [-0.15, -0.1) is 16.6 Å². The standard InChI is InChI=1S/C23H23ClN6O3/c1-5-12-28(4)15-22-26-25-21(14-27(2)3)29(22)20-11-10-16(30(32)33)13-18(20)23(31)17-8-6-7-9-19(17)24/h1,6-11,13H,12,14-15H2,2-4H3. The molecule has 0 spiro atoms. The van der Waals surface area contributed by atoms with Gasteiger partial charge in [-0.1, -0.05) is 29.7 Å². The largest absolute Gasteiger partial charge is 0.302 e. The molecule has 0 atom stereocenters. The molecule has 0 aliphatic rings. The average Bonchev–Trinajstić information content (AvgIpc) is 3.14. The first-order valence-electron chi connectivity index (χ1n) is 10.0. The van der Waals surface area contributed by atoms with Gasteiger partial charge < -0.3 is 4.90 Å². The SMILES string of the molecule is C#CCN(C)Cc1nnc(CN(C)C)n1-c1ccc([N+](=O)[O-])cc1C(=O)c1ccccc1Cl. The molecule has 9 nitrogen and oxygen atoms in total. The highest BCUT2D eigenvalue weighted by Gasteiger charge is 2.25. The first kappa shape index (κ1) is 24.1. The number of rotatable bonds is 9. The van der Waals surface area contributed by atoms with E-state index in [4.69, 9.17) is 18.0 Å². The van der Waals surface area contributed by atoms with Gasteiger partial charge in [0, 0.05) is 17.7 Å². The molecule has 33 heavy (non-hydrogen) atoms. The van der Waals surface area contributed by atoms with Gasteiger partial charge in [0.15, 0.2) is 17.4 Å². The molecule has 10 heteroatoms. The van der Waals surface area contributed by atoms with E-state index in [0.29, 0.717) is 37.0 Å². The molecule has 0 fully saturated rings. The van der Waals surface area contributed by atoms with Gasteiger partial charge in [0.1, 0.15) is 0 Å². The number of halogens is 1. The lowest BCUT2D eigenvalue weighted by Gasteiger charge is -2.18. The van der Waals surface area contributed by atoms with Crippen LogP contribution in [0.1, 0.15) is 27.6 Å². The number of terminal acetylenes is 1. The summed E-state index contributed by atoms with van der Waals surface area (Å²) in [7, 11) is 5.61. The molecule has 170 valence electrons. The number of nitro groups is 1. The Labute approximate surface area is 196 Å². The Morgan fingerprint density at radius 3 is 2.39 bits per heavy atom. The molecule has 0 saturated carbocycles. The third-order valence-corrected chi connectivity index (χ3v) is 5.15. The number of non-ortho nitro benzene ring substituents is 1. The van der Waals surface area contributed by atoms with Crippen molar-refractivity contribution in [1.29, 1.82) is 0 Å². The number of benzene rings is 2. The number of aromatic nitrogens is 3. The van der Waals surface area contributed by atoms with Crippen LogP contribution < -0.4 is 0 Å². The van der Waals surface area contributed by atoms with Crippen LogP contribution in [-0.4, -0.2) is 63.0 Å². The summed E-state index contributed by atoms with van der Waals surface area (Å²) in [5.74, 6) is 3.26. The summed E-state index contributed by atoms with van der Waals surface area (Å²) in [5.41, 5.74) is 0.589. The second-order valence-electron chi connectivity index (χ2n) is 7.75. The van der Waals surface area contributed by atoms with Crippen molar-refractivity contribution in [2.45, 2.75) is 13.1 Å². The van der Waals surface area contributed by atoms with E-state index in [2.05, 4.69) is 16.1 Å². The van der Waals surface area contributed by atoms with Gasteiger partial charge in [0.05, 0.1) is 40.8 Å². The van der Waals surface area contributed by atoms with Gasteiger partial charge in [-0.3, -0.25) is 24.4 Å². The Morgan fingerprint density at radius 2 is 1.79 bits per heavy atom. The maximum Gasteiger partial charge on any atom is 0.270 e. The van der Waals surface area contributed by atoms with Crippen LogP contribution in [0.2, 0.25) is 5.02 Å². The molecule has 0 aliphatic heterocycles. The van der Waals surface area contributed by atoms with Crippen LogP contribution in [0.4, 0.5) is 5.69 Å². The number of ketones is 1. The highest BCUT2D eigenvalue weighted by Crippen LogP contribution is 2.28. The Bertz CT molecular complexity index is 1230. The van der Waals surface area contributed by atoms with Gasteiger partial charge in [0.25, 0.3) is 5.69 Å². The summed E-state index contributed by atoms with van der Waals surface area (Å²) in [6.45, 7) is 1.19. The first-order chi connectivity index (χ1) is 15.7. The summed E-state index contributed by atoms with van der Waals surface area (Å²) in [6, 6.07) is 10.7. The predicted octanol–water partition coefficient (Wildman–Crippen LogP) is 3.19. The van der Waals surface area contributed by atoms with Crippen LogP contribution in [0.5, 0.6) is 0 Å². The quantitative estimate of drug-likeness (QED) is 0.207. The fourth-order valence-electron chi connectivity index (χ4n) is 3.38. The van der Waals surface area contributed by atoms with E-state index >= 15 is 0 Å². The molecule has 0 bridgehead atoms. The molecular formula is C23H23ClN6O3. The number of hydrogen-bond acceptors (Lipinski definition) is 7. The molecule has 3 rings (SSSR count). The van der Waals surface area contributed by atoms with Crippen molar-refractivity contribution in [2.75, 3.05) is 27.7 Å². The van der Waals surface area contributed by atoms with Gasteiger partial charge in [-0.2, -0.15) is 0 Å². The normalized spacial score (nSPS) is 11.1. The summed E-state index contributed by atoms with van der Waals surface area (Å²) in [6.07, 6.45) is 5.43. The Kier molecular flexibility index (Phi) is 7.55. The van der Waals surface area contributed by atoms with Crippen LogP contribution in [-0.2, 0) is 13.1 Å². The van der Waals surface area contributed by atoms with Gasteiger partial charge in [0.2, 0.25) is 0 Å². The summed E-state index contributed by atoms with van der Waals surface area (Å²) >= 11 is 6.27. The van der Waals surface area contributed by atoms with Crippen LogP contribution in [0, 0.1) is 22.5 Å². The molecule has 0 amide bonds. The van der Waals surface area contributed by atoms with Gasteiger partial charge in [-0.25, -0.2) is 0 Å². The van der Waals surface area contributed by atoms with Gasteiger partial charge in [-0.05, 0) is 39.3 Å². The second kappa shape index (κ2) is 10.4. The van der Waals surface area contributed by atoms with Crippen molar-refractivity contribution in [3.8, 4) is 18.0 Å². The fraction of sp³-hybridized carbons (Fsp3) is 0.261. The van der Waals surface area contributed by atoms with Crippen LogP contribution in [0.15, 0.2) is 42.5 Å². The monoisotopic (exact) mass is 466 g/mol. The van der Waals surface area contributed by atoms with E-state index in [1.807, 2.05) is 30.9 Å². The van der Waals surface area contributed by atoms with E-state index in [1.54, 1.807) is 28.8 Å². The summed E-state index contributed by atoms with van der Waals surface area (Å²) < 4.78 is 1.75. The molecule has 1 heterocycles. The third-order valence-electron chi connectivity index (χ3n) is 4.82. The molecule has 0 unspecified atom stereocenters. The van der Waals surface area contributed by atoms with Crippen LogP contribution in [0.25, 0.3) is 5.69 Å². The minimum atomic E-state index is -0.540. The van der Waals surface area contributed by atoms with Crippen molar-refractivity contribution in [1.82, 2.24) is 24.6 Å². The lowest BCUT2D eigenvalue weighted by molar-refractivity contribution is -0.384. The molecule has 1 aromatic heterocycles. The second-order valence-corrected chi connectivity index (χ2v) is 8.16. The van der Waals surface area contributed by atoms with Crippen molar-refractivity contribution in [3.05, 3.63) is 80.4 Å². The van der Waals surface area contributed by atoms with Crippen molar-refractivity contribution < 1.29 is 9.72 Å². The fourth-order valence-corrected chi connectivity index (χ4v) is 3.60. The third kappa shape index (κ3) is 5.43. The highest BCUT2D eigenvalue weighted by atomic mass is 35.5. The Balaban J connectivity index is 2.24. The van der Waals surface area contributed by atoms with Crippen molar-refractivity contribution in [2.24, 2.45) is 0 Å². The lowest BCUT2D eigenvalue weighted by Crippen LogP contribution is -2.22. The Hall–Kier alpha value is -3.58. The number of nitro benzene ring substituents is 1. The van der Waals surface area contributed by atoms with E-state index < -0.39 is 10.7 Å². The van der Waals surface area contributed by atoms with Crippen LogP contribution >= 0.6 is 11.6 Å². The predicted molar refractivity (Wildman–Crippen MR) is 125 cm³/mol. The van der Waals surface area contributed by atoms with E-state index in [9.17, 15) is 14.9 Å². The number of carbonyl (C=O) groups excluding carboxylic acids is 1. The molecular weight excluding hydrogens is 444 g/mol. The topological polar surface area (TPSA) is 97.4 Å². The van der Waals surface area contributed by atoms with Crippen molar-refractivity contribution in [3.63, 3.8) is 0 Å². The van der Waals surface area contributed by atoms with E-state index in [-0.39, 0.29) is 21.8 Å². The highest BCUT2D eigenvalue weighted by molar-refractivity contribution is 6.35. The van der Waals surface area contributed by atoms with Gasteiger partial charge >= 0.3 is 0 Å². The number of hydrogen-bond donors (Lipinski definition) is 0. The lowest BCUT2D eigenvalue weighted by atomic mass is 10.0. The summed E-state index contributed by atoms with van der Waals surface area (Å²) in [4.78, 5) is 28.2. The van der Waals surface area contributed by atoms with E-state index in [1.165, 1.54) is 18.2 Å². The zero-order valence-electron chi connectivity index (χ0n) is 18.5. The molecule has 2 aromatic carbocycles. The Morgan fingerprint density at radius 1 is 1.12 bits per heavy atom. The zero-order chi connectivity index (χ0) is 24.1. The number of nitrogens with zero attached hydrogens (tertiary/aromatic N) is 6. The van der Waals surface area contributed by atoms with E-state index in [0.717, 1.165) is 0 Å². The van der Waals surface area contributed by atoms with Crippen LogP contribution in [0.3, 0.4) is 0 Å². The maximum atomic E-state index is 13.5. The maximum absolute atomic E-state index is 13.5. The minimum Gasteiger partial charge on any atom is -0.302 e. The number of carbonyl (C=O) groups is 1. The zero-order valence-corrected chi connectivity index (χ0v) is 19.3. The molecule has 0 aliphatic carbocycles. The minimum absolute atomic E-state index is 0.123. The molecule has 0 saturated heterocycles. The first-order valence-corrected chi connectivity index (χ1v) is 10.4. The molecule has 0 radical (unpaired) electrons. The molecule has 3 aromatic rings. The smallest absolute Gasteiger partial charge is 0.270 e. The summed E-state index contributed by atoms with van der Waals surface area (Å²) in [5, 5.41) is 20.4. The van der Waals surface area contributed by atoms with Crippen molar-refractivity contribution >= 4 is 23.1 Å². The average molecular weight is 467 g/mol.